The first kappa shape index (κ1) is 16.4. The fraction of sp³-hybridized carbons (Fsp3) is 0.583. The lowest BCUT2D eigenvalue weighted by Gasteiger charge is -2.26. The summed E-state index contributed by atoms with van der Waals surface area (Å²) in [5, 5.41) is 20.3. The van der Waals surface area contributed by atoms with Crippen LogP contribution in [0.25, 0.3) is 0 Å². The third-order valence-corrected chi connectivity index (χ3v) is 6.32. The van der Waals surface area contributed by atoms with Crippen LogP contribution in [0, 0.1) is 0 Å². The van der Waals surface area contributed by atoms with E-state index in [0.717, 1.165) is 11.3 Å². The van der Waals surface area contributed by atoms with E-state index in [0.29, 0.717) is 13.0 Å². The minimum absolute atomic E-state index is 0.00422. The second-order valence-electron chi connectivity index (χ2n) is 5.30. The van der Waals surface area contributed by atoms with E-state index >= 15 is 0 Å². The summed E-state index contributed by atoms with van der Waals surface area (Å²) in [6.07, 6.45) is -0.374. The number of hydrogen-bond acceptors (Lipinski definition) is 6. The van der Waals surface area contributed by atoms with Gasteiger partial charge >= 0.3 is 5.97 Å². The maximum Gasteiger partial charge on any atom is 0.347 e. The second kappa shape index (κ2) is 6.01. The van der Waals surface area contributed by atoms with Crippen LogP contribution in [-0.4, -0.2) is 73.1 Å². The molecule has 1 aromatic heterocycles. The maximum absolute atomic E-state index is 12.7. The lowest BCUT2D eigenvalue weighted by Crippen LogP contribution is -2.41. The molecule has 0 bridgehead atoms. The highest BCUT2D eigenvalue weighted by Gasteiger charge is 2.41. The quantitative estimate of drug-likeness (QED) is 0.794. The first-order chi connectivity index (χ1) is 9.73. The van der Waals surface area contributed by atoms with Gasteiger partial charge in [-0.05, 0) is 32.0 Å². The molecule has 2 N–H and O–H groups in total. The van der Waals surface area contributed by atoms with Gasteiger partial charge in [-0.15, -0.1) is 11.3 Å². The SMILES string of the molecule is CN(C)CC1CC(O)CN1S(=O)(=O)c1ccsc1C(=O)O. The second-order valence-corrected chi connectivity index (χ2v) is 8.07. The molecule has 9 heteroatoms. The summed E-state index contributed by atoms with van der Waals surface area (Å²) in [5.74, 6) is -1.26. The lowest BCUT2D eigenvalue weighted by molar-refractivity contribution is 0.0698. The summed E-state index contributed by atoms with van der Waals surface area (Å²) in [7, 11) is -0.278. The van der Waals surface area contributed by atoms with Crippen molar-refractivity contribution >= 4 is 27.3 Å². The third-order valence-electron chi connectivity index (χ3n) is 3.33. The number of rotatable bonds is 5. The number of β-amino-alcohol motifs (C(OH)–C–C–N with tert-alkyl or cyclic N) is 1. The van der Waals surface area contributed by atoms with Crippen LogP contribution < -0.4 is 0 Å². The number of sulfonamides is 1. The topological polar surface area (TPSA) is 98.2 Å². The number of hydrogen-bond donors (Lipinski definition) is 2. The Labute approximate surface area is 127 Å². The summed E-state index contributed by atoms with van der Waals surface area (Å²) in [6.45, 7) is 0.471. The fourth-order valence-electron chi connectivity index (χ4n) is 2.53. The molecule has 0 amide bonds. The van der Waals surface area contributed by atoms with Crippen LogP contribution in [-0.2, 0) is 10.0 Å². The Hall–Kier alpha value is -1.00. The average molecular weight is 334 g/mol. The van der Waals surface area contributed by atoms with Crippen LogP contribution in [0.2, 0.25) is 0 Å². The first-order valence-electron chi connectivity index (χ1n) is 6.39. The van der Waals surface area contributed by atoms with Crippen LogP contribution in [0.15, 0.2) is 16.3 Å². The summed E-state index contributed by atoms with van der Waals surface area (Å²) < 4.78 is 26.6. The number of thiophene rings is 1. The van der Waals surface area contributed by atoms with E-state index < -0.39 is 22.1 Å². The Bertz CT molecular complexity index is 625. The zero-order valence-electron chi connectivity index (χ0n) is 11.8. The van der Waals surface area contributed by atoms with Crippen LogP contribution >= 0.6 is 11.3 Å². The van der Waals surface area contributed by atoms with Crippen molar-refractivity contribution in [3.8, 4) is 0 Å². The van der Waals surface area contributed by atoms with E-state index in [1.807, 2.05) is 19.0 Å². The molecule has 2 rings (SSSR count). The highest BCUT2D eigenvalue weighted by Crippen LogP contribution is 2.30. The monoisotopic (exact) mass is 334 g/mol. The van der Waals surface area contributed by atoms with Crippen LogP contribution in [0.1, 0.15) is 16.1 Å². The molecular formula is C12H18N2O5S2. The molecule has 2 unspecified atom stereocenters. The highest BCUT2D eigenvalue weighted by molar-refractivity contribution is 7.89. The molecule has 2 heterocycles. The molecule has 1 fully saturated rings. The van der Waals surface area contributed by atoms with Crippen molar-refractivity contribution in [1.29, 1.82) is 0 Å². The summed E-state index contributed by atoms with van der Waals surface area (Å²) in [6, 6.07) is 0.947. The van der Waals surface area contributed by atoms with Crippen molar-refractivity contribution in [2.24, 2.45) is 0 Å². The van der Waals surface area contributed by atoms with Gasteiger partial charge in [-0.25, -0.2) is 13.2 Å². The number of nitrogens with zero attached hydrogens (tertiary/aromatic N) is 2. The number of carbonyl (C=O) groups is 1. The number of aliphatic hydroxyl groups excluding tert-OH is 1. The minimum atomic E-state index is -3.92. The van der Waals surface area contributed by atoms with Gasteiger partial charge in [-0.3, -0.25) is 0 Å². The van der Waals surface area contributed by atoms with E-state index in [-0.39, 0.29) is 22.4 Å². The average Bonchev–Trinajstić information content (AvgIpc) is 2.95. The molecule has 0 radical (unpaired) electrons. The molecule has 2 atom stereocenters. The summed E-state index contributed by atoms with van der Waals surface area (Å²) in [5.41, 5.74) is 0. The molecule has 0 spiro atoms. The van der Waals surface area contributed by atoms with Gasteiger partial charge in [0.25, 0.3) is 0 Å². The number of likely N-dealkylation sites (N-methyl/N-ethyl adjacent to an activating group) is 1. The van der Waals surface area contributed by atoms with Gasteiger partial charge in [0.15, 0.2) is 0 Å². The Kier molecular flexibility index (Phi) is 4.69. The number of carboxylic acid groups (broad SMARTS) is 1. The first-order valence-corrected chi connectivity index (χ1v) is 8.71. The largest absolute Gasteiger partial charge is 0.477 e. The van der Waals surface area contributed by atoms with Crippen molar-refractivity contribution in [3.63, 3.8) is 0 Å². The molecule has 1 aliphatic rings. The van der Waals surface area contributed by atoms with Crippen molar-refractivity contribution < 1.29 is 23.4 Å². The third kappa shape index (κ3) is 3.27. The molecule has 118 valence electrons. The lowest BCUT2D eigenvalue weighted by atomic mass is 10.2. The predicted octanol–water partition coefficient (Wildman–Crippen LogP) is 0.132. The van der Waals surface area contributed by atoms with Gasteiger partial charge < -0.3 is 15.1 Å². The van der Waals surface area contributed by atoms with Crippen molar-refractivity contribution in [2.75, 3.05) is 27.2 Å². The smallest absolute Gasteiger partial charge is 0.347 e. The van der Waals surface area contributed by atoms with E-state index in [9.17, 15) is 18.3 Å². The molecule has 7 nitrogen and oxygen atoms in total. The van der Waals surface area contributed by atoms with Gasteiger partial charge in [0.05, 0.1) is 6.10 Å². The highest BCUT2D eigenvalue weighted by atomic mass is 32.2. The van der Waals surface area contributed by atoms with Crippen LogP contribution in [0.4, 0.5) is 0 Å². The van der Waals surface area contributed by atoms with Crippen molar-refractivity contribution in [1.82, 2.24) is 9.21 Å². The van der Waals surface area contributed by atoms with Crippen molar-refractivity contribution in [3.05, 3.63) is 16.3 Å². The summed E-state index contributed by atoms with van der Waals surface area (Å²) >= 11 is 0.881. The zero-order chi connectivity index (χ0) is 15.8. The van der Waals surface area contributed by atoms with Gasteiger partial charge in [0.2, 0.25) is 10.0 Å². The van der Waals surface area contributed by atoms with E-state index in [1.165, 1.54) is 15.8 Å². The Morgan fingerprint density at radius 2 is 2.19 bits per heavy atom. The number of aliphatic hydroxyl groups is 1. The normalized spacial score (nSPS) is 23.8. The summed E-state index contributed by atoms with van der Waals surface area (Å²) in [4.78, 5) is 12.6. The van der Waals surface area contributed by atoms with Gasteiger partial charge in [-0.2, -0.15) is 4.31 Å². The Morgan fingerprint density at radius 1 is 1.52 bits per heavy atom. The zero-order valence-corrected chi connectivity index (χ0v) is 13.4. The number of carboxylic acids is 1. The predicted molar refractivity (Wildman–Crippen MR) is 78.1 cm³/mol. The Morgan fingerprint density at radius 3 is 2.76 bits per heavy atom. The maximum atomic E-state index is 12.7. The minimum Gasteiger partial charge on any atom is -0.477 e. The fourth-order valence-corrected chi connectivity index (χ4v) is 5.43. The van der Waals surface area contributed by atoms with Gasteiger partial charge in [-0.1, -0.05) is 0 Å². The molecule has 1 saturated heterocycles. The van der Waals surface area contributed by atoms with Crippen LogP contribution in [0.5, 0.6) is 0 Å². The molecule has 21 heavy (non-hydrogen) atoms. The Balaban J connectivity index is 2.37. The number of aromatic carboxylic acids is 1. The molecule has 0 aliphatic carbocycles. The molecule has 1 aliphatic heterocycles. The molecule has 0 saturated carbocycles. The van der Waals surface area contributed by atoms with Crippen molar-refractivity contribution in [2.45, 2.75) is 23.5 Å². The van der Waals surface area contributed by atoms with Crippen LogP contribution in [0.3, 0.4) is 0 Å². The van der Waals surface area contributed by atoms with Gasteiger partial charge in [0, 0.05) is 19.1 Å². The molecule has 0 aromatic carbocycles. The standard InChI is InChI=1S/C12H18N2O5S2/c1-13(2)6-8-5-9(15)7-14(8)21(18,19)10-3-4-20-11(10)12(16)17/h3-4,8-9,15H,5-7H2,1-2H3,(H,16,17). The van der Waals surface area contributed by atoms with Gasteiger partial charge in [0.1, 0.15) is 9.77 Å². The molecule has 1 aromatic rings. The van der Waals surface area contributed by atoms with E-state index in [1.54, 1.807) is 0 Å². The van der Waals surface area contributed by atoms with E-state index in [2.05, 4.69) is 0 Å². The van der Waals surface area contributed by atoms with E-state index in [4.69, 9.17) is 5.11 Å². The molecular weight excluding hydrogens is 316 g/mol.